The van der Waals surface area contributed by atoms with Crippen molar-refractivity contribution in [1.82, 2.24) is 9.78 Å². The van der Waals surface area contributed by atoms with Crippen LogP contribution < -0.4 is 10.1 Å². The van der Waals surface area contributed by atoms with Gasteiger partial charge in [0.2, 0.25) is 0 Å². The van der Waals surface area contributed by atoms with E-state index in [1.807, 2.05) is 6.92 Å². The van der Waals surface area contributed by atoms with Crippen molar-refractivity contribution in [2.24, 2.45) is 7.05 Å². The van der Waals surface area contributed by atoms with Gasteiger partial charge in [-0.3, -0.25) is 19.6 Å². The number of anilines is 1. The summed E-state index contributed by atoms with van der Waals surface area (Å²) in [7, 11) is 1.66. The number of aromatic nitrogens is 2. The van der Waals surface area contributed by atoms with Crippen molar-refractivity contribution in [3.8, 4) is 11.5 Å². The van der Waals surface area contributed by atoms with Gasteiger partial charge in [-0.05, 0) is 37.6 Å². The number of nitro benzene ring substituents is 1. The zero-order chi connectivity index (χ0) is 21.3. The fourth-order valence-corrected chi connectivity index (χ4v) is 2.92. The van der Waals surface area contributed by atoms with E-state index < -0.39 is 10.8 Å². The molecule has 0 fully saturated rings. The SMILES string of the molecule is Cc1cc(Oc2cc(NC(=O)c3nn(C)c(C)c3Cl)cc([N+](=O)[O-])c2)ccc1Cl. The molecule has 8 nitrogen and oxygen atoms in total. The number of aryl methyl sites for hydroxylation is 2. The number of nitro groups is 1. The largest absolute Gasteiger partial charge is 0.457 e. The van der Waals surface area contributed by atoms with Crippen LogP contribution in [0, 0.1) is 24.0 Å². The highest BCUT2D eigenvalue weighted by molar-refractivity contribution is 6.34. The summed E-state index contributed by atoms with van der Waals surface area (Å²) in [6.07, 6.45) is 0. The van der Waals surface area contributed by atoms with E-state index in [9.17, 15) is 14.9 Å². The van der Waals surface area contributed by atoms with E-state index in [0.717, 1.165) is 5.56 Å². The number of non-ortho nitro benzene ring substituents is 1. The van der Waals surface area contributed by atoms with Crippen LogP contribution in [-0.4, -0.2) is 20.6 Å². The molecule has 29 heavy (non-hydrogen) atoms. The Hall–Kier alpha value is -3.10. The normalized spacial score (nSPS) is 10.7. The summed E-state index contributed by atoms with van der Waals surface area (Å²) in [5.41, 5.74) is 1.37. The predicted molar refractivity (Wildman–Crippen MR) is 110 cm³/mol. The van der Waals surface area contributed by atoms with E-state index in [0.29, 0.717) is 16.5 Å². The number of halogens is 2. The van der Waals surface area contributed by atoms with Crippen LogP contribution in [0.1, 0.15) is 21.7 Å². The first-order valence-corrected chi connectivity index (χ1v) is 9.15. The summed E-state index contributed by atoms with van der Waals surface area (Å²) in [6.45, 7) is 3.53. The Morgan fingerprint density at radius 2 is 1.90 bits per heavy atom. The maximum Gasteiger partial charge on any atom is 0.277 e. The standard InChI is InChI=1S/C19H16Cl2N4O4/c1-10-6-14(4-5-16(10)20)29-15-8-12(7-13(9-15)25(27)28)22-19(26)18-17(21)11(2)24(3)23-18/h4-9H,1-3H3,(H,22,26). The van der Waals surface area contributed by atoms with Crippen LogP contribution in [0.4, 0.5) is 11.4 Å². The minimum atomic E-state index is -0.590. The van der Waals surface area contributed by atoms with Gasteiger partial charge in [0.15, 0.2) is 5.69 Å². The number of benzene rings is 2. The third-order valence-corrected chi connectivity index (χ3v) is 5.08. The Morgan fingerprint density at radius 3 is 2.48 bits per heavy atom. The lowest BCUT2D eigenvalue weighted by Gasteiger charge is -2.10. The molecule has 0 saturated carbocycles. The molecule has 0 aliphatic rings. The van der Waals surface area contributed by atoms with E-state index in [-0.39, 0.29) is 27.8 Å². The lowest BCUT2D eigenvalue weighted by molar-refractivity contribution is -0.384. The maximum absolute atomic E-state index is 12.5. The summed E-state index contributed by atoms with van der Waals surface area (Å²) in [4.78, 5) is 23.3. The molecule has 0 aliphatic carbocycles. The second-order valence-corrected chi connectivity index (χ2v) is 7.10. The highest BCUT2D eigenvalue weighted by Gasteiger charge is 2.20. The van der Waals surface area contributed by atoms with Crippen molar-refractivity contribution in [1.29, 1.82) is 0 Å². The molecule has 1 aromatic heterocycles. The van der Waals surface area contributed by atoms with Gasteiger partial charge in [-0.2, -0.15) is 5.10 Å². The van der Waals surface area contributed by atoms with E-state index in [2.05, 4.69) is 10.4 Å². The van der Waals surface area contributed by atoms with Gasteiger partial charge < -0.3 is 10.1 Å². The maximum atomic E-state index is 12.5. The third-order valence-electron chi connectivity index (χ3n) is 4.20. The first-order valence-electron chi connectivity index (χ1n) is 8.39. The second-order valence-electron chi connectivity index (χ2n) is 6.31. The minimum Gasteiger partial charge on any atom is -0.457 e. The van der Waals surface area contributed by atoms with Crippen molar-refractivity contribution in [2.45, 2.75) is 13.8 Å². The zero-order valence-electron chi connectivity index (χ0n) is 15.7. The Bertz CT molecular complexity index is 1130. The summed E-state index contributed by atoms with van der Waals surface area (Å²) in [6, 6.07) is 8.97. The molecule has 150 valence electrons. The zero-order valence-corrected chi connectivity index (χ0v) is 17.2. The Morgan fingerprint density at radius 1 is 1.17 bits per heavy atom. The summed E-state index contributed by atoms with van der Waals surface area (Å²) < 4.78 is 7.19. The van der Waals surface area contributed by atoms with Crippen LogP contribution in [-0.2, 0) is 7.05 Å². The molecule has 1 heterocycles. The quantitative estimate of drug-likeness (QED) is 0.433. The smallest absolute Gasteiger partial charge is 0.277 e. The number of rotatable bonds is 5. The van der Waals surface area contributed by atoms with Gasteiger partial charge in [0, 0.05) is 24.2 Å². The number of amides is 1. The van der Waals surface area contributed by atoms with Crippen LogP contribution in [0.5, 0.6) is 11.5 Å². The Kier molecular flexibility index (Phi) is 5.76. The Labute approximate surface area is 176 Å². The fourth-order valence-electron chi connectivity index (χ4n) is 2.55. The second kappa shape index (κ2) is 8.10. The molecule has 1 N–H and O–H groups in total. The number of nitrogens with one attached hydrogen (secondary N) is 1. The highest BCUT2D eigenvalue weighted by Crippen LogP contribution is 2.32. The molecule has 0 radical (unpaired) electrons. The van der Waals surface area contributed by atoms with E-state index in [1.54, 1.807) is 32.2 Å². The number of ether oxygens (including phenoxy) is 1. The van der Waals surface area contributed by atoms with Gasteiger partial charge in [0.05, 0.1) is 27.4 Å². The lowest BCUT2D eigenvalue weighted by atomic mass is 10.2. The lowest BCUT2D eigenvalue weighted by Crippen LogP contribution is -2.13. The van der Waals surface area contributed by atoms with Crippen LogP contribution >= 0.6 is 23.2 Å². The molecule has 0 saturated heterocycles. The van der Waals surface area contributed by atoms with E-state index in [4.69, 9.17) is 27.9 Å². The predicted octanol–water partition coefficient (Wildman–Crippen LogP) is 5.30. The minimum absolute atomic E-state index is 0.0222. The first-order chi connectivity index (χ1) is 13.7. The number of hydrogen-bond acceptors (Lipinski definition) is 5. The molecule has 0 bridgehead atoms. The van der Waals surface area contributed by atoms with Crippen molar-refractivity contribution in [3.05, 3.63) is 73.5 Å². The first kappa shape index (κ1) is 20.6. The van der Waals surface area contributed by atoms with Crippen molar-refractivity contribution < 1.29 is 14.5 Å². The van der Waals surface area contributed by atoms with Crippen molar-refractivity contribution in [2.75, 3.05) is 5.32 Å². The third kappa shape index (κ3) is 4.49. The molecule has 10 heteroatoms. The van der Waals surface area contributed by atoms with Crippen LogP contribution in [0.15, 0.2) is 36.4 Å². The van der Waals surface area contributed by atoms with E-state index >= 15 is 0 Å². The molecule has 0 aliphatic heterocycles. The van der Waals surface area contributed by atoms with Crippen LogP contribution in [0.25, 0.3) is 0 Å². The van der Waals surface area contributed by atoms with Crippen molar-refractivity contribution >= 4 is 40.5 Å². The number of carbonyl (C=O) groups is 1. The van der Waals surface area contributed by atoms with Gasteiger partial charge in [0.25, 0.3) is 11.6 Å². The fraction of sp³-hybridized carbons (Fsp3) is 0.158. The average molecular weight is 435 g/mol. The van der Waals surface area contributed by atoms with Gasteiger partial charge in [0.1, 0.15) is 11.5 Å². The summed E-state index contributed by atoms with van der Waals surface area (Å²) in [5, 5.41) is 18.7. The number of nitrogens with zero attached hydrogens (tertiary/aromatic N) is 3. The summed E-state index contributed by atoms with van der Waals surface area (Å²) >= 11 is 12.1. The van der Waals surface area contributed by atoms with Crippen molar-refractivity contribution in [3.63, 3.8) is 0 Å². The molecule has 0 spiro atoms. The summed E-state index contributed by atoms with van der Waals surface area (Å²) in [5.74, 6) is 0.0417. The van der Waals surface area contributed by atoms with Gasteiger partial charge >= 0.3 is 0 Å². The number of carbonyl (C=O) groups excluding carboxylic acids is 1. The molecule has 0 atom stereocenters. The molecular weight excluding hydrogens is 419 g/mol. The molecule has 2 aromatic carbocycles. The topological polar surface area (TPSA) is 99.3 Å². The molecule has 1 amide bonds. The van der Waals surface area contributed by atoms with Crippen LogP contribution in [0.2, 0.25) is 10.0 Å². The monoisotopic (exact) mass is 434 g/mol. The van der Waals surface area contributed by atoms with Gasteiger partial charge in [-0.1, -0.05) is 23.2 Å². The Balaban J connectivity index is 1.92. The molecular formula is C19H16Cl2N4O4. The molecule has 0 unspecified atom stereocenters. The molecule has 3 rings (SSSR count). The van der Waals surface area contributed by atoms with E-state index in [1.165, 1.54) is 22.9 Å². The number of hydrogen-bond donors (Lipinski definition) is 1. The highest BCUT2D eigenvalue weighted by atomic mass is 35.5. The average Bonchev–Trinajstić information content (AvgIpc) is 2.92. The van der Waals surface area contributed by atoms with Crippen LogP contribution in [0.3, 0.4) is 0 Å². The molecule has 3 aromatic rings. The van der Waals surface area contributed by atoms with Gasteiger partial charge in [-0.15, -0.1) is 0 Å². The van der Waals surface area contributed by atoms with Gasteiger partial charge in [-0.25, -0.2) is 0 Å².